The lowest BCUT2D eigenvalue weighted by atomic mass is 9.81. The van der Waals surface area contributed by atoms with Gasteiger partial charge in [0.15, 0.2) is 5.82 Å². The minimum atomic E-state index is -0.767. The van der Waals surface area contributed by atoms with Crippen molar-refractivity contribution in [2.24, 2.45) is 11.8 Å². The number of amides is 3. The molecule has 0 bridgehead atoms. The average Bonchev–Trinajstić information content (AvgIpc) is 3.38. The van der Waals surface area contributed by atoms with Crippen molar-refractivity contribution >= 4 is 51.1 Å². The van der Waals surface area contributed by atoms with E-state index in [4.69, 9.17) is 16.3 Å². The highest BCUT2D eigenvalue weighted by Gasteiger charge is 2.30. The van der Waals surface area contributed by atoms with Gasteiger partial charge in [-0.2, -0.15) is 10.1 Å². The highest BCUT2D eigenvalue weighted by atomic mass is 79.9. The van der Waals surface area contributed by atoms with Crippen molar-refractivity contribution in [3.05, 3.63) is 63.9 Å². The smallest absolute Gasteiger partial charge is 0.407 e. The summed E-state index contributed by atoms with van der Waals surface area (Å²) in [6.45, 7) is 5.99. The second kappa shape index (κ2) is 14.2. The van der Waals surface area contributed by atoms with Crippen molar-refractivity contribution in [3.63, 3.8) is 0 Å². The fraction of sp³-hybridized carbons (Fsp3) is 0.433. The average molecular weight is 660 g/mol. The van der Waals surface area contributed by atoms with E-state index in [1.807, 2.05) is 45.0 Å². The van der Waals surface area contributed by atoms with Gasteiger partial charge in [0, 0.05) is 34.6 Å². The minimum absolute atomic E-state index is 0.136. The van der Waals surface area contributed by atoms with E-state index in [9.17, 15) is 14.4 Å². The molecule has 224 valence electrons. The van der Waals surface area contributed by atoms with E-state index < -0.39 is 17.7 Å². The van der Waals surface area contributed by atoms with Crippen LogP contribution in [-0.4, -0.2) is 51.3 Å². The number of aromatic amines is 1. The summed E-state index contributed by atoms with van der Waals surface area (Å²) in [6, 6.07) is 14.0. The summed E-state index contributed by atoms with van der Waals surface area (Å²) in [5.74, 6) is 0.0843. The van der Waals surface area contributed by atoms with Gasteiger partial charge in [0.25, 0.3) is 0 Å². The molecule has 1 aliphatic carbocycles. The van der Waals surface area contributed by atoms with Crippen LogP contribution in [0.4, 0.5) is 10.5 Å². The van der Waals surface area contributed by atoms with Crippen molar-refractivity contribution in [3.8, 4) is 11.4 Å². The van der Waals surface area contributed by atoms with Crippen molar-refractivity contribution in [1.29, 1.82) is 0 Å². The molecule has 1 fully saturated rings. The number of anilines is 1. The first-order valence-corrected chi connectivity index (χ1v) is 15.1. The van der Waals surface area contributed by atoms with Gasteiger partial charge in [-0.3, -0.25) is 9.59 Å². The van der Waals surface area contributed by atoms with Gasteiger partial charge in [0.2, 0.25) is 17.1 Å². The molecule has 12 heteroatoms. The van der Waals surface area contributed by atoms with Crippen molar-refractivity contribution < 1.29 is 19.1 Å². The lowest BCUT2D eigenvalue weighted by Gasteiger charge is -2.29. The third kappa shape index (κ3) is 9.55. The zero-order valence-electron chi connectivity index (χ0n) is 23.9. The first-order valence-electron chi connectivity index (χ1n) is 14.0. The van der Waals surface area contributed by atoms with Crippen LogP contribution in [0, 0.1) is 11.8 Å². The van der Waals surface area contributed by atoms with Gasteiger partial charge in [-0.05, 0) is 106 Å². The van der Waals surface area contributed by atoms with Crippen LogP contribution in [0.25, 0.3) is 11.4 Å². The van der Waals surface area contributed by atoms with E-state index in [0.29, 0.717) is 37.3 Å². The van der Waals surface area contributed by atoms with Crippen LogP contribution in [0.2, 0.25) is 5.28 Å². The summed E-state index contributed by atoms with van der Waals surface area (Å²) in [5.41, 5.74) is 1.70. The zero-order chi connectivity index (χ0) is 30.3. The maximum absolute atomic E-state index is 13.4. The summed E-state index contributed by atoms with van der Waals surface area (Å²) in [4.78, 5) is 42.8. The van der Waals surface area contributed by atoms with E-state index in [1.165, 1.54) is 0 Å². The number of carbonyl (C=O) groups excluding carboxylic acids is 3. The van der Waals surface area contributed by atoms with Gasteiger partial charge in [-0.15, -0.1) is 0 Å². The van der Waals surface area contributed by atoms with Crippen LogP contribution in [0.15, 0.2) is 53.0 Å². The SMILES string of the molecule is CC(C)(C)OC(=O)NCC1CCC(C(=O)N[C@@H](Cc2ccc(Br)cc2)C(=O)Nc2ccc(-c3n[nH]c(Cl)n3)cc2)CC1. The number of carbonyl (C=O) groups is 3. The standard InChI is InChI=1S/C30H36BrClN6O4/c1-30(2,3)42-29(41)33-17-19-4-8-21(9-5-19)26(39)35-24(16-18-6-12-22(31)13-7-18)27(40)34-23-14-10-20(11-15-23)25-36-28(32)38-37-25/h6-7,10-15,19,21,24H,4-5,8-9,16-17H2,1-3H3,(H,33,41)(H,34,40)(H,35,39)(H,36,37,38)/t19?,21?,24-/m0/s1. The highest BCUT2D eigenvalue weighted by Crippen LogP contribution is 2.29. The molecule has 42 heavy (non-hydrogen) atoms. The molecule has 0 radical (unpaired) electrons. The van der Waals surface area contributed by atoms with Crippen LogP contribution < -0.4 is 16.0 Å². The molecule has 2 aromatic carbocycles. The largest absolute Gasteiger partial charge is 0.444 e. The molecule has 3 aromatic rings. The number of alkyl carbamates (subject to hydrolysis) is 1. The molecule has 1 atom stereocenters. The third-order valence-corrected chi connectivity index (χ3v) is 7.70. The van der Waals surface area contributed by atoms with Crippen LogP contribution in [0.1, 0.15) is 52.0 Å². The molecule has 3 amide bonds. The Bertz CT molecular complexity index is 1370. The van der Waals surface area contributed by atoms with E-state index in [1.54, 1.807) is 24.3 Å². The Morgan fingerprint density at radius 2 is 1.71 bits per heavy atom. The molecule has 1 aliphatic rings. The predicted molar refractivity (Wildman–Crippen MR) is 165 cm³/mol. The quantitative estimate of drug-likeness (QED) is 0.226. The Morgan fingerprint density at radius 3 is 2.31 bits per heavy atom. The molecule has 1 heterocycles. The third-order valence-electron chi connectivity index (χ3n) is 7.01. The monoisotopic (exact) mass is 658 g/mol. The number of rotatable bonds is 9. The Balaban J connectivity index is 1.35. The zero-order valence-corrected chi connectivity index (χ0v) is 26.2. The topological polar surface area (TPSA) is 138 Å². The van der Waals surface area contributed by atoms with Crippen LogP contribution in [-0.2, 0) is 20.7 Å². The molecule has 4 N–H and O–H groups in total. The Kier molecular flexibility index (Phi) is 10.6. The van der Waals surface area contributed by atoms with Crippen LogP contribution in [0.3, 0.4) is 0 Å². The molecule has 0 saturated heterocycles. The molecule has 1 aromatic heterocycles. The summed E-state index contributed by atoms with van der Waals surface area (Å²) >= 11 is 9.27. The van der Waals surface area contributed by atoms with E-state index in [0.717, 1.165) is 28.4 Å². The van der Waals surface area contributed by atoms with Gasteiger partial charge in [-0.25, -0.2) is 9.89 Å². The summed E-state index contributed by atoms with van der Waals surface area (Å²) in [6.07, 6.45) is 2.89. The van der Waals surface area contributed by atoms with Crippen molar-refractivity contribution in [2.75, 3.05) is 11.9 Å². The van der Waals surface area contributed by atoms with E-state index in [2.05, 4.69) is 47.1 Å². The Hall–Kier alpha value is -3.44. The lowest BCUT2D eigenvalue weighted by molar-refractivity contribution is -0.130. The number of hydrogen-bond donors (Lipinski definition) is 4. The molecule has 4 rings (SSSR count). The number of nitrogens with one attached hydrogen (secondary N) is 4. The summed E-state index contributed by atoms with van der Waals surface area (Å²) in [7, 11) is 0. The van der Waals surface area contributed by atoms with E-state index >= 15 is 0 Å². The number of halogens is 2. The second-order valence-corrected chi connectivity index (χ2v) is 12.8. The van der Waals surface area contributed by atoms with Crippen LogP contribution in [0.5, 0.6) is 0 Å². The van der Waals surface area contributed by atoms with Gasteiger partial charge in [0.1, 0.15) is 11.6 Å². The Labute approximate surface area is 258 Å². The Morgan fingerprint density at radius 1 is 1.05 bits per heavy atom. The number of benzene rings is 2. The number of ether oxygens (including phenoxy) is 1. The van der Waals surface area contributed by atoms with Gasteiger partial charge in [0.05, 0.1) is 0 Å². The fourth-order valence-corrected chi connectivity index (χ4v) is 5.22. The maximum atomic E-state index is 13.4. The fourth-order valence-electron chi connectivity index (χ4n) is 4.83. The molecule has 0 unspecified atom stereocenters. The first kappa shape index (κ1) is 31.5. The van der Waals surface area contributed by atoms with Crippen molar-refractivity contribution in [2.45, 2.75) is 64.5 Å². The second-order valence-electron chi connectivity index (χ2n) is 11.5. The number of nitrogens with zero attached hydrogens (tertiary/aromatic N) is 2. The first-order chi connectivity index (χ1) is 19.9. The molecule has 10 nitrogen and oxygen atoms in total. The number of aromatic nitrogens is 3. The van der Waals surface area contributed by atoms with Gasteiger partial charge < -0.3 is 20.7 Å². The molecule has 0 spiro atoms. The van der Waals surface area contributed by atoms with E-state index in [-0.39, 0.29) is 28.9 Å². The molecular weight excluding hydrogens is 624 g/mol. The van der Waals surface area contributed by atoms with Crippen LogP contribution >= 0.6 is 27.5 Å². The highest BCUT2D eigenvalue weighted by molar-refractivity contribution is 9.10. The minimum Gasteiger partial charge on any atom is -0.444 e. The predicted octanol–water partition coefficient (Wildman–Crippen LogP) is 5.88. The number of H-pyrrole nitrogens is 1. The van der Waals surface area contributed by atoms with Gasteiger partial charge >= 0.3 is 6.09 Å². The summed E-state index contributed by atoms with van der Waals surface area (Å²) in [5, 5.41) is 15.6. The normalized spacial score (nSPS) is 17.6. The number of hydrogen-bond acceptors (Lipinski definition) is 6. The molecule has 1 saturated carbocycles. The molecular formula is C30H36BrClN6O4. The van der Waals surface area contributed by atoms with Gasteiger partial charge in [-0.1, -0.05) is 28.1 Å². The summed E-state index contributed by atoms with van der Waals surface area (Å²) < 4.78 is 6.25. The molecule has 0 aliphatic heterocycles. The lowest BCUT2D eigenvalue weighted by Crippen LogP contribution is -2.48. The van der Waals surface area contributed by atoms with Crippen molar-refractivity contribution in [1.82, 2.24) is 25.8 Å². The maximum Gasteiger partial charge on any atom is 0.407 e.